The molecule has 2 aromatic heterocycles. The number of amides is 1. The Bertz CT molecular complexity index is 478. The van der Waals surface area contributed by atoms with E-state index in [9.17, 15) is 4.79 Å². The third-order valence-corrected chi connectivity index (χ3v) is 3.09. The minimum atomic E-state index is -0.0744. The Morgan fingerprint density at radius 2 is 2.44 bits per heavy atom. The maximum absolute atomic E-state index is 12.0. The molecule has 2 heterocycles. The molecular formula is C10H11N3O2S. The molecule has 0 bridgehead atoms. The van der Waals surface area contributed by atoms with E-state index in [1.165, 1.54) is 16.2 Å². The average Bonchev–Trinajstić information content (AvgIpc) is 2.97. The van der Waals surface area contributed by atoms with E-state index in [0.29, 0.717) is 10.6 Å². The number of carbonyl (C=O) groups is 1. The molecule has 0 aliphatic carbocycles. The van der Waals surface area contributed by atoms with E-state index >= 15 is 0 Å². The minimum Gasteiger partial charge on any atom is -0.496 e. The molecule has 0 saturated heterocycles. The first-order valence-electron chi connectivity index (χ1n) is 4.61. The standard InChI is InChI=1S/C10H11N3O2S/c1-13(7-4-11-12-5-7)10(14)9-3-8(15-2)6-16-9/h3-6H,1-2H3,(H,11,12). The van der Waals surface area contributed by atoms with Gasteiger partial charge >= 0.3 is 0 Å². The van der Waals surface area contributed by atoms with Gasteiger partial charge in [0.25, 0.3) is 5.91 Å². The Labute approximate surface area is 96.7 Å². The summed E-state index contributed by atoms with van der Waals surface area (Å²) in [6, 6.07) is 1.73. The first kappa shape index (κ1) is 10.7. The maximum Gasteiger partial charge on any atom is 0.268 e. The quantitative estimate of drug-likeness (QED) is 0.884. The van der Waals surface area contributed by atoms with E-state index in [0.717, 1.165) is 5.69 Å². The molecule has 0 aliphatic heterocycles. The number of rotatable bonds is 3. The Balaban J connectivity index is 2.19. The number of aromatic nitrogens is 2. The van der Waals surface area contributed by atoms with Gasteiger partial charge in [-0.05, 0) is 0 Å². The third-order valence-electron chi connectivity index (χ3n) is 2.20. The molecule has 0 atom stereocenters. The van der Waals surface area contributed by atoms with Crippen LogP contribution in [0.3, 0.4) is 0 Å². The second kappa shape index (κ2) is 4.36. The van der Waals surface area contributed by atoms with Crippen LogP contribution in [0, 0.1) is 0 Å². The number of carbonyl (C=O) groups excluding carboxylic acids is 1. The molecular weight excluding hydrogens is 226 g/mol. The zero-order chi connectivity index (χ0) is 11.5. The number of nitrogens with zero attached hydrogens (tertiary/aromatic N) is 2. The van der Waals surface area contributed by atoms with Crippen LogP contribution in [-0.2, 0) is 0 Å². The van der Waals surface area contributed by atoms with Crippen LogP contribution in [0.5, 0.6) is 5.75 Å². The van der Waals surface area contributed by atoms with Crippen LogP contribution < -0.4 is 9.64 Å². The first-order valence-corrected chi connectivity index (χ1v) is 5.49. The van der Waals surface area contributed by atoms with Gasteiger partial charge in [-0.25, -0.2) is 0 Å². The van der Waals surface area contributed by atoms with Gasteiger partial charge in [-0.1, -0.05) is 0 Å². The van der Waals surface area contributed by atoms with E-state index in [2.05, 4.69) is 10.2 Å². The number of ether oxygens (including phenoxy) is 1. The monoisotopic (exact) mass is 237 g/mol. The van der Waals surface area contributed by atoms with Crippen LogP contribution in [-0.4, -0.2) is 30.3 Å². The van der Waals surface area contributed by atoms with Crippen LogP contribution in [0.15, 0.2) is 23.8 Å². The van der Waals surface area contributed by atoms with E-state index in [1.807, 2.05) is 0 Å². The number of thiophene rings is 1. The molecule has 0 aromatic carbocycles. The van der Waals surface area contributed by atoms with Crippen molar-refractivity contribution in [3.05, 3.63) is 28.7 Å². The number of aromatic amines is 1. The van der Waals surface area contributed by atoms with E-state index in [4.69, 9.17) is 4.74 Å². The molecule has 1 N–H and O–H groups in total. The normalized spacial score (nSPS) is 10.1. The molecule has 0 spiro atoms. The van der Waals surface area contributed by atoms with Crippen molar-refractivity contribution in [2.75, 3.05) is 19.1 Å². The summed E-state index contributed by atoms with van der Waals surface area (Å²) < 4.78 is 5.04. The summed E-state index contributed by atoms with van der Waals surface area (Å²) in [5, 5.41) is 8.27. The van der Waals surface area contributed by atoms with Crippen LogP contribution in [0.25, 0.3) is 0 Å². The van der Waals surface area contributed by atoms with E-state index in [1.54, 1.807) is 38.0 Å². The Morgan fingerprint density at radius 1 is 1.62 bits per heavy atom. The topological polar surface area (TPSA) is 58.2 Å². The van der Waals surface area contributed by atoms with Crippen molar-refractivity contribution in [3.63, 3.8) is 0 Å². The zero-order valence-electron chi connectivity index (χ0n) is 8.93. The van der Waals surface area contributed by atoms with Crippen molar-refractivity contribution >= 4 is 22.9 Å². The SMILES string of the molecule is COc1csc(C(=O)N(C)c2cn[nH]c2)c1. The van der Waals surface area contributed by atoms with Gasteiger partial charge in [0.05, 0.1) is 23.9 Å². The highest BCUT2D eigenvalue weighted by Gasteiger charge is 2.16. The van der Waals surface area contributed by atoms with Gasteiger partial charge in [-0.3, -0.25) is 9.89 Å². The summed E-state index contributed by atoms with van der Waals surface area (Å²) in [4.78, 5) is 14.2. The predicted molar refractivity (Wildman–Crippen MR) is 62.2 cm³/mol. The van der Waals surface area contributed by atoms with Gasteiger partial charge in [0.15, 0.2) is 0 Å². The molecule has 0 unspecified atom stereocenters. The Morgan fingerprint density at radius 3 is 3.00 bits per heavy atom. The van der Waals surface area contributed by atoms with Crippen molar-refractivity contribution in [3.8, 4) is 5.75 Å². The van der Waals surface area contributed by atoms with Gasteiger partial charge in [0, 0.05) is 24.7 Å². The van der Waals surface area contributed by atoms with Gasteiger partial charge in [0.1, 0.15) is 5.75 Å². The van der Waals surface area contributed by atoms with Crippen LogP contribution in [0.4, 0.5) is 5.69 Å². The van der Waals surface area contributed by atoms with Crippen LogP contribution in [0.1, 0.15) is 9.67 Å². The fraction of sp³-hybridized carbons (Fsp3) is 0.200. The molecule has 0 fully saturated rings. The fourth-order valence-corrected chi connectivity index (χ4v) is 2.08. The number of nitrogens with one attached hydrogen (secondary N) is 1. The number of H-pyrrole nitrogens is 1. The lowest BCUT2D eigenvalue weighted by Crippen LogP contribution is -2.24. The van der Waals surface area contributed by atoms with Crippen LogP contribution >= 0.6 is 11.3 Å². The van der Waals surface area contributed by atoms with Crippen molar-refractivity contribution in [2.24, 2.45) is 0 Å². The summed E-state index contributed by atoms with van der Waals surface area (Å²) in [7, 11) is 3.29. The zero-order valence-corrected chi connectivity index (χ0v) is 9.75. The molecule has 0 saturated carbocycles. The molecule has 2 aromatic rings. The lowest BCUT2D eigenvalue weighted by Gasteiger charge is -2.12. The fourth-order valence-electron chi connectivity index (χ4n) is 1.25. The average molecular weight is 237 g/mol. The van der Waals surface area contributed by atoms with Crippen LogP contribution in [0.2, 0.25) is 0 Å². The summed E-state index contributed by atoms with van der Waals surface area (Å²) in [5.41, 5.74) is 0.734. The highest BCUT2D eigenvalue weighted by atomic mass is 32.1. The molecule has 0 aliphatic rings. The van der Waals surface area contributed by atoms with E-state index in [-0.39, 0.29) is 5.91 Å². The largest absolute Gasteiger partial charge is 0.496 e. The van der Waals surface area contributed by atoms with Gasteiger partial charge in [0.2, 0.25) is 0 Å². The van der Waals surface area contributed by atoms with Crippen molar-refractivity contribution in [1.29, 1.82) is 0 Å². The molecule has 16 heavy (non-hydrogen) atoms. The molecule has 84 valence electrons. The number of hydrogen-bond acceptors (Lipinski definition) is 4. The lowest BCUT2D eigenvalue weighted by molar-refractivity contribution is 0.0996. The molecule has 0 radical (unpaired) electrons. The first-order chi connectivity index (χ1) is 7.72. The third kappa shape index (κ3) is 1.92. The Hall–Kier alpha value is -1.82. The van der Waals surface area contributed by atoms with Gasteiger partial charge < -0.3 is 9.64 Å². The molecule has 1 amide bonds. The summed E-state index contributed by atoms with van der Waals surface area (Å²) in [6.45, 7) is 0. The van der Waals surface area contributed by atoms with Crippen molar-refractivity contribution < 1.29 is 9.53 Å². The van der Waals surface area contributed by atoms with E-state index < -0.39 is 0 Å². The minimum absolute atomic E-state index is 0.0744. The highest BCUT2D eigenvalue weighted by Crippen LogP contribution is 2.23. The predicted octanol–water partition coefficient (Wildman–Crippen LogP) is 1.76. The number of anilines is 1. The summed E-state index contributed by atoms with van der Waals surface area (Å²) in [5.74, 6) is 0.628. The highest BCUT2D eigenvalue weighted by molar-refractivity contribution is 7.12. The molecule has 5 nitrogen and oxygen atoms in total. The number of hydrogen-bond donors (Lipinski definition) is 1. The maximum atomic E-state index is 12.0. The second-order valence-corrected chi connectivity index (χ2v) is 4.08. The van der Waals surface area contributed by atoms with Crippen molar-refractivity contribution in [2.45, 2.75) is 0 Å². The summed E-state index contributed by atoms with van der Waals surface area (Å²) in [6.07, 6.45) is 3.27. The molecule has 2 rings (SSSR count). The van der Waals surface area contributed by atoms with Crippen molar-refractivity contribution in [1.82, 2.24) is 10.2 Å². The molecule has 6 heteroatoms. The van der Waals surface area contributed by atoms with Gasteiger partial charge in [-0.15, -0.1) is 11.3 Å². The summed E-state index contributed by atoms with van der Waals surface area (Å²) >= 11 is 1.36. The lowest BCUT2D eigenvalue weighted by atomic mass is 10.4. The number of methoxy groups -OCH3 is 1. The second-order valence-electron chi connectivity index (χ2n) is 3.17. The van der Waals surface area contributed by atoms with Gasteiger partial charge in [-0.2, -0.15) is 5.10 Å². The smallest absolute Gasteiger partial charge is 0.268 e. The Kier molecular flexibility index (Phi) is 2.91.